The standard InChI is InChI=1S/C20H28O6/c1-11-9-13(21-3)17(23-5)19(25-7)15(11)16-12(2)10-14(22-4)18(24-6)20(16)26-8/h9-10,15,19H,1-8H3. The Balaban J connectivity index is 2.75. The van der Waals surface area contributed by atoms with Crippen LogP contribution in [0.2, 0.25) is 0 Å². The molecule has 0 fully saturated rings. The van der Waals surface area contributed by atoms with Crippen molar-refractivity contribution in [3.05, 3.63) is 40.4 Å². The highest BCUT2D eigenvalue weighted by molar-refractivity contribution is 5.62. The van der Waals surface area contributed by atoms with Gasteiger partial charge in [0.15, 0.2) is 23.0 Å². The van der Waals surface area contributed by atoms with Gasteiger partial charge in [0.25, 0.3) is 0 Å². The van der Waals surface area contributed by atoms with Gasteiger partial charge < -0.3 is 28.4 Å². The number of benzene rings is 1. The molecule has 0 aromatic heterocycles. The Morgan fingerprint density at radius 1 is 0.769 bits per heavy atom. The lowest BCUT2D eigenvalue weighted by Gasteiger charge is -2.34. The minimum Gasteiger partial charge on any atom is -0.494 e. The SMILES string of the molecule is COC1=C(OC)C(OC)C(c2c(C)cc(OC)c(OC)c2OC)C(C)=C1. The summed E-state index contributed by atoms with van der Waals surface area (Å²) in [5.74, 6) is 2.98. The molecule has 6 heteroatoms. The van der Waals surface area contributed by atoms with E-state index in [0.29, 0.717) is 28.8 Å². The molecule has 26 heavy (non-hydrogen) atoms. The first-order chi connectivity index (χ1) is 12.5. The zero-order valence-corrected chi connectivity index (χ0v) is 16.8. The first-order valence-electron chi connectivity index (χ1n) is 8.31. The molecule has 0 saturated heterocycles. The lowest BCUT2D eigenvalue weighted by atomic mass is 9.79. The van der Waals surface area contributed by atoms with Crippen molar-refractivity contribution in [3.8, 4) is 17.2 Å². The molecule has 0 bridgehead atoms. The fraction of sp³-hybridized carbons (Fsp3) is 0.500. The highest BCUT2D eigenvalue weighted by atomic mass is 16.5. The van der Waals surface area contributed by atoms with E-state index in [9.17, 15) is 0 Å². The summed E-state index contributed by atoms with van der Waals surface area (Å²) in [6.45, 7) is 4.06. The van der Waals surface area contributed by atoms with Crippen LogP contribution in [0.15, 0.2) is 29.2 Å². The molecule has 0 N–H and O–H groups in total. The summed E-state index contributed by atoms with van der Waals surface area (Å²) in [6, 6.07) is 1.94. The van der Waals surface area contributed by atoms with Crippen LogP contribution in [-0.2, 0) is 14.2 Å². The number of rotatable bonds is 7. The van der Waals surface area contributed by atoms with Gasteiger partial charge in [-0.05, 0) is 31.6 Å². The first-order valence-corrected chi connectivity index (χ1v) is 8.31. The van der Waals surface area contributed by atoms with E-state index >= 15 is 0 Å². The summed E-state index contributed by atoms with van der Waals surface area (Å²) in [5, 5.41) is 0. The highest BCUT2D eigenvalue weighted by Crippen LogP contribution is 2.50. The second kappa shape index (κ2) is 8.36. The topological polar surface area (TPSA) is 55.4 Å². The minimum atomic E-state index is -0.356. The van der Waals surface area contributed by atoms with Crippen LogP contribution in [-0.4, -0.2) is 48.8 Å². The monoisotopic (exact) mass is 364 g/mol. The Morgan fingerprint density at radius 3 is 1.88 bits per heavy atom. The Hall–Kier alpha value is -2.34. The average Bonchev–Trinajstić information content (AvgIpc) is 2.66. The quantitative estimate of drug-likeness (QED) is 0.737. The third kappa shape index (κ3) is 3.21. The molecule has 2 rings (SSSR count). The average molecular weight is 364 g/mol. The number of methoxy groups -OCH3 is 6. The van der Waals surface area contributed by atoms with Crippen LogP contribution in [0.4, 0.5) is 0 Å². The second-order valence-electron chi connectivity index (χ2n) is 6.03. The van der Waals surface area contributed by atoms with E-state index < -0.39 is 0 Å². The number of ether oxygens (including phenoxy) is 6. The van der Waals surface area contributed by atoms with E-state index in [0.717, 1.165) is 16.7 Å². The summed E-state index contributed by atoms with van der Waals surface area (Å²) in [6.07, 6.45) is 1.61. The summed E-state index contributed by atoms with van der Waals surface area (Å²) >= 11 is 0. The van der Waals surface area contributed by atoms with Gasteiger partial charge in [0, 0.05) is 18.6 Å². The van der Waals surface area contributed by atoms with Crippen molar-refractivity contribution in [2.75, 3.05) is 42.7 Å². The van der Waals surface area contributed by atoms with Crippen molar-refractivity contribution >= 4 is 0 Å². The molecule has 2 unspecified atom stereocenters. The van der Waals surface area contributed by atoms with E-state index in [1.165, 1.54) is 0 Å². The molecule has 6 nitrogen and oxygen atoms in total. The highest BCUT2D eigenvalue weighted by Gasteiger charge is 2.38. The Kier molecular flexibility index (Phi) is 6.42. The predicted octanol–water partition coefficient (Wildman–Crippen LogP) is 3.58. The van der Waals surface area contributed by atoms with Crippen molar-refractivity contribution in [2.45, 2.75) is 25.9 Å². The van der Waals surface area contributed by atoms with Gasteiger partial charge in [-0.25, -0.2) is 0 Å². The first kappa shape index (κ1) is 20.0. The molecule has 144 valence electrons. The van der Waals surface area contributed by atoms with E-state index in [1.807, 2.05) is 26.0 Å². The zero-order valence-electron chi connectivity index (χ0n) is 16.8. The number of hydrogen-bond acceptors (Lipinski definition) is 6. The molecule has 2 atom stereocenters. The number of allylic oxidation sites excluding steroid dienone is 1. The van der Waals surface area contributed by atoms with Crippen LogP contribution < -0.4 is 14.2 Å². The maximum Gasteiger partial charge on any atom is 0.203 e. The minimum absolute atomic E-state index is 0.122. The van der Waals surface area contributed by atoms with Gasteiger partial charge in [0.1, 0.15) is 6.10 Å². The van der Waals surface area contributed by atoms with Crippen LogP contribution in [0.5, 0.6) is 17.2 Å². The third-order valence-corrected chi connectivity index (χ3v) is 4.73. The van der Waals surface area contributed by atoms with Crippen LogP contribution in [0.1, 0.15) is 24.0 Å². The smallest absolute Gasteiger partial charge is 0.203 e. The van der Waals surface area contributed by atoms with Gasteiger partial charge in [0.2, 0.25) is 5.75 Å². The van der Waals surface area contributed by atoms with E-state index in [4.69, 9.17) is 28.4 Å². The lowest BCUT2D eigenvalue weighted by molar-refractivity contribution is 0.0528. The van der Waals surface area contributed by atoms with Crippen molar-refractivity contribution in [2.24, 2.45) is 0 Å². The molecular formula is C20H28O6. The maximum absolute atomic E-state index is 5.82. The van der Waals surface area contributed by atoms with Crippen LogP contribution in [0, 0.1) is 6.92 Å². The summed E-state index contributed by atoms with van der Waals surface area (Å²) in [5.41, 5.74) is 3.05. The van der Waals surface area contributed by atoms with Crippen LogP contribution >= 0.6 is 0 Å². The summed E-state index contributed by atoms with van der Waals surface area (Å²) in [7, 11) is 9.72. The Bertz CT molecular complexity index is 720. The fourth-order valence-electron chi connectivity index (χ4n) is 3.58. The molecule has 0 aliphatic heterocycles. The van der Waals surface area contributed by atoms with Gasteiger partial charge in [-0.1, -0.05) is 5.57 Å². The fourth-order valence-corrected chi connectivity index (χ4v) is 3.58. The van der Waals surface area contributed by atoms with Crippen molar-refractivity contribution in [1.82, 2.24) is 0 Å². The van der Waals surface area contributed by atoms with Crippen LogP contribution in [0.3, 0.4) is 0 Å². The normalized spacial score (nSPS) is 19.8. The van der Waals surface area contributed by atoms with Crippen LogP contribution in [0.25, 0.3) is 0 Å². The third-order valence-electron chi connectivity index (χ3n) is 4.73. The lowest BCUT2D eigenvalue weighted by Crippen LogP contribution is -2.30. The van der Waals surface area contributed by atoms with Gasteiger partial charge >= 0.3 is 0 Å². The maximum atomic E-state index is 5.82. The van der Waals surface area contributed by atoms with Gasteiger partial charge in [-0.2, -0.15) is 0 Å². The van der Waals surface area contributed by atoms with Gasteiger partial charge in [-0.15, -0.1) is 0 Å². The number of hydrogen-bond donors (Lipinski definition) is 0. The van der Waals surface area contributed by atoms with E-state index in [-0.39, 0.29) is 12.0 Å². The number of aryl methyl sites for hydroxylation is 1. The van der Waals surface area contributed by atoms with Gasteiger partial charge in [-0.3, -0.25) is 0 Å². The molecule has 1 aliphatic carbocycles. The Morgan fingerprint density at radius 2 is 1.42 bits per heavy atom. The van der Waals surface area contributed by atoms with E-state index in [2.05, 4.69) is 0 Å². The molecule has 0 spiro atoms. The zero-order chi connectivity index (χ0) is 19.4. The van der Waals surface area contributed by atoms with Crippen molar-refractivity contribution < 1.29 is 28.4 Å². The molecule has 1 aliphatic rings. The predicted molar refractivity (Wildman–Crippen MR) is 99.2 cm³/mol. The van der Waals surface area contributed by atoms with Crippen molar-refractivity contribution in [1.29, 1.82) is 0 Å². The Labute approximate surface area is 155 Å². The van der Waals surface area contributed by atoms with Crippen molar-refractivity contribution in [3.63, 3.8) is 0 Å². The molecule has 1 aromatic carbocycles. The molecular weight excluding hydrogens is 336 g/mol. The molecule has 0 amide bonds. The summed E-state index contributed by atoms with van der Waals surface area (Å²) < 4.78 is 33.6. The summed E-state index contributed by atoms with van der Waals surface area (Å²) in [4.78, 5) is 0. The molecule has 0 saturated carbocycles. The molecule has 0 heterocycles. The largest absolute Gasteiger partial charge is 0.494 e. The molecule has 1 aromatic rings. The molecule has 0 radical (unpaired) electrons. The van der Waals surface area contributed by atoms with Gasteiger partial charge in [0.05, 0.1) is 35.5 Å². The second-order valence-corrected chi connectivity index (χ2v) is 6.03. The van der Waals surface area contributed by atoms with E-state index in [1.54, 1.807) is 42.7 Å².